The minimum Gasteiger partial charge on any atom is -0.280 e. The van der Waals surface area contributed by atoms with Gasteiger partial charge in [-0.3, -0.25) is 4.31 Å². The van der Waals surface area contributed by atoms with E-state index in [1.165, 1.54) is 32.7 Å². The summed E-state index contributed by atoms with van der Waals surface area (Å²) in [7, 11) is 0. The average Bonchev–Trinajstić information content (AvgIpc) is 2.98. The Balaban J connectivity index is 1.48. The third kappa shape index (κ3) is 5.82. The molecule has 0 saturated heterocycles. The molecule has 0 aliphatic heterocycles. The van der Waals surface area contributed by atoms with Gasteiger partial charge in [-0.05, 0) is 77.5 Å². The van der Waals surface area contributed by atoms with Gasteiger partial charge in [-0.15, -0.1) is 0 Å². The smallest absolute Gasteiger partial charge is 0.0528 e. The monoisotopic (exact) mass is 527 g/mol. The van der Waals surface area contributed by atoms with Crippen LogP contribution in [-0.2, 0) is 10.8 Å². The number of nitrogens with zero attached hydrogens (tertiary/aromatic N) is 1. The van der Waals surface area contributed by atoms with Crippen LogP contribution in [0.25, 0.3) is 0 Å². The zero-order valence-electron chi connectivity index (χ0n) is 23.6. The Kier molecular flexibility index (Phi) is 7.68. The van der Waals surface area contributed by atoms with Crippen LogP contribution in [0.2, 0.25) is 0 Å². The SMILES string of the molecule is Cc1ccc(SN(c2ccc(C(C)(C)c3ccccc3)cc2)c2ccc(C(C)(C)c3ccccc3)cc2)cc1. The first-order valence-corrected chi connectivity index (χ1v) is 14.4. The molecule has 5 aromatic carbocycles. The van der Waals surface area contributed by atoms with Gasteiger partial charge in [0.05, 0.1) is 11.4 Å². The number of aryl methyl sites for hydroxylation is 1. The number of hydrogen-bond acceptors (Lipinski definition) is 2. The first-order valence-electron chi connectivity index (χ1n) is 13.6. The van der Waals surface area contributed by atoms with E-state index in [1.807, 2.05) is 0 Å². The lowest BCUT2D eigenvalue weighted by molar-refractivity contribution is 0.641. The van der Waals surface area contributed by atoms with Crippen molar-refractivity contribution in [3.05, 3.63) is 161 Å². The third-order valence-corrected chi connectivity index (χ3v) is 8.94. The summed E-state index contributed by atoms with van der Waals surface area (Å²) in [5.41, 5.74) is 8.69. The van der Waals surface area contributed by atoms with Crippen LogP contribution in [0.3, 0.4) is 0 Å². The molecule has 0 saturated carbocycles. The lowest BCUT2D eigenvalue weighted by Crippen LogP contribution is -2.19. The van der Waals surface area contributed by atoms with Gasteiger partial charge >= 0.3 is 0 Å². The standard InChI is InChI=1S/C37H37NS/c1-28-16-26-35(27-17-28)39-38(33-22-18-31(19-23-33)36(2,3)29-12-8-6-9-13-29)34-24-20-32(21-25-34)37(4,5)30-14-10-7-11-15-30/h6-27H,1-5H3. The van der Waals surface area contributed by atoms with Crippen molar-refractivity contribution >= 4 is 23.3 Å². The quantitative estimate of drug-likeness (QED) is 0.185. The number of rotatable bonds is 8. The molecule has 0 unspecified atom stereocenters. The average molecular weight is 528 g/mol. The number of benzene rings is 5. The molecule has 0 radical (unpaired) electrons. The van der Waals surface area contributed by atoms with E-state index >= 15 is 0 Å². The highest BCUT2D eigenvalue weighted by Crippen LogP contribution is 2.40. The summed E-state index contributed by atoms with van der Waals surface area (Å²) in [6.45, 7) is 11.3. The van der Waals surface area contributed by atoms with Crippen molar-refractivity contribution < 1.29 is 0 Å². The zero-order chi connectivity index (χ0) is 27.5. The molecule has 5 rings (SSSR count). The van der Waals surface area contributed by atoms with Gasteiger partial charge in [-0.1, -0.05) is 130 Å². The number of hydrogen-bond donors (Lipinski definition) is 0. The van der Waals surface area contributed by atoms with Crippen molar-refractivity contribution in [2.45, 2.75) is 50.3 Å². The third-order valence-electron chi connectivity index (χ3n) is 7.86. The molecule has 0 aliphatic rings. The molecule has 1 nitrogen and oxygen atoms in total. The second-order valence-electron chi connectivity index (χ2n) is 11.3. The van der Waals surface area contributed by atoms with Crippen molar-refractivity contribution in [3.8, 4) is 0 Å². The molecule has 0 N–H and O–H groups in total. The normalized spacial score (nSPS) is 11.8. The van der Waals surface area contributed by atoms with E-state index in [9.17, 15) is 0 Å². The summed E-state index contributed by atoms with van der Waals surface area (Å²) >= 11 is 1.76. The summed E-state index contributed by atoms with van der Waals surface area (Å²) in [5.74, 6) is 0. The molecule has 0 aliphatic carbocycles. The molecule has 39 heavy (non-hydrogen) atoms. The topological polar surface area (TPSA) is 3.24 Å². The van der Waals surface area contributed by atoms with E-state index in [0.29, 0.717) is 0 Å². The second-order valence-corrected chi connectivity index (χ2v) is 12.3. The summed E-state index contributed by atoms with van der Waals surface area (Å²) in [6.07, 6.45) is 0. The van der Waals surface area contributed by atoms with E-state index in [2.05, 4.69) is 172 Å². The minimum absolute atomic E-state index is 0.0701. The lowest BCUT2D eigenvalue weighted by atomic mass is 9.78. The molecule has 0 spiro atoms. The molecular weight excluding hydrogens is 490 g/mol. The lowest BCUT2D eigenvalue weighted by Gasteiger charge is -2.29. The molecule has 2 heteroatoms. The predicted octanol–water partition coefficient (Wildman–Crippen LogP) is 10.5. The molecule has 5 aromatic rings. The van der Waals surface area contributed by atoms with E-state index in [0.717, 1.165) is 11.4 Å². The van der Waals surface area contributed by atoms with Gasteiger partial charge in [-0.2, -0.15) is 0 Å². The van der Waals surface area contributed by atoms with E-state index < -0.39 is 0 Å². The van der Waals surface area contributed by atoms with Gasteiger partial charge in [0.2, 0.25) is 0 Å². The maximum atomic E-state index is 2.34. The Hall–Kier alpha value is -3.75. The van der Waals surface area contributed by atoms with E-state index in [-0.39, 0.29) is 10.8 Å². The largest absolute Gasteiger partial charge is 0.280 e. The Labute approximate surface area is 238 Å². The highest BCUT2D eigenvalue weighted by molar-refractivity contribution is 8.01. The summed E-state index contributed by atoms with van der Waals surface area (Å²) in [6, 6.07) is 48.4. The summed E-state index contributed by atoms with van der Waals surface area (Å²) < 4.78 is 2.34. The van der Waals surface area contributed by atoms with Crippen LogP contribution in [0, 0.1) is 6.92 Å². The second kappa shape index (κ2) is 11.2. The van der Waals surface area contributed by atoms with Gasteiger partial charge < -0.3 is 0 Å². The van der Waals surface area contributed by atoms with Crippen LogP contribution in [-0.4, -0.2) is 0 Å². The van der Waals surface area contributed by atoms with Crippen molar-refractivity contribution in [1.82, 2.24) is 0 Å². The molecule has 196 valence electrons. The van der Waals surface area contributed by atoms with Crippen molar-refractivity contribution in [2.24, 2.45) is 0 Å². The Bertz CT molecular complexity index is 1390. The fourth-order valence-corrected chi connectivity index (χ4v) is 5.95. The van der Waals surface area contributed by atoms with Crippen LogP contribution in [0.4, 0.5) is 11.4 Å². The maximum Gasteiger partial charge on any atom is 0.0528 e. The Morgan fingerprint density at radius 3 is 1.18 bits per heavy atom. The molecule has 0 heterocycles. The van der Waals surface area contributed by atoms with Crippen LogP contribution < -0.4 is 4.31 Å². The highest BCUT2D eigenvalue weighted by atomic mass is 32.2. The molecule has 0 atom stereocenters. The van der Waals surface area contributed by atoms with Crippen molar-refractivity contribution in [2.75, 3.05) is 4.31 Å². The van der Waals surface area contributed by atoms with Gasteiger partial charge in [0.25, 0.3) is 0 Å². The fraction of sp³-hybridized carbons (Fsp3) is 0.189. The van der Waals surface area contributed by atoms with Crippen LogP contribution in [0.1, 0.15) is 55.5 Å². The van der Waals surface area contributed by atoms with Gasteiger partial charge in [0, 0.05) is 15.7 Å². The van der Waals surface area contributed by atoms with Gasteiger partial charge in [0.15, 0.2) is 0 Å². The van der Waals surface area contributed by atoms with Crippen LogP contribution >= 0.6 is 11.9 Å². The fourth-order valence-electron chi connectivity index (χ4n) is 5.03. The number of anilines is 2. The predicted molar refractivity (Wildman–Crippen MR) is 169 cm³/mol. The molecule has 0 bridgehead atoms. The van der Waals surface area contributed by atoms with Crippen LogP contribution in [0.15, 0.2) is 138 Å². The highest BCUT2D eigenvalue weighted by Gasteiger charge is 2.25. The van der Waals surface area contributed by atoms with E-state index in [4.69, 9.17) is 0 Å². The molecule has 0 aromatic heterocycles. The van der Waals surface area contributed by atoms with Gasteiger partial charge in [0.1, 0.15) is 0 Å². The molecule has 0 fully saturated rings. The summed E-state index contributed by atoms with van der Waals surface area (Å²) in [5, 5.41) is 0. The van der Waals surface area contributed by atoms with Gasteiger partial charge in [-0.25, -0.2) is 0 Å². The van der Waals surface area contributed by atoms with Crippen molar-refractivity contribution in [1.29, 1.82) is 0 Å². The first kappa shape index (κ1) is 26.8. The molecule has 0 amide bonds. The maximum absolute atomic E-state index is 2.34. The Morgan fingerprint density at radius 2 is 0.795 bits per heavy atom. The summed E-state index contributed by atoms with van der Waals surface area (Å²) in [4.78, 5) is 1.21. The Morgan fingerprint density at radius 1 is 0.436 bits per heavy atom. The van der Waals surface area contributed by atoms with Crippen molar-refractivity contribution in [3.63, 3.8) is 0 Å². The minimum atomic E-state index is -0.0701. The zero-order valence-corrected chi connectivity index (χ0v) is 24.4. The van der Waals surface area contributed by atoms with Crippen LogP contribution in [0.5, 0.6) is 0 Å². The van der Waals surface area contributed by atoms with E-state index in [1.54, 1.807) is 11.9 Å². The first-order chi connectivity index (χ1) is 18.7. The molecular formula is C37H37NS.